The number of halogens is 1. The monoisotopic (exact) mass is 275 g/mol. The Morgan fingerprint density at radius 3 is 3.06 bits per heavy atom. The first-order chi connectivity index (χ1) is 8.34. The maximum absolute atomic E-state index is 5.80. The summed E-state index contributed by atoms with van der Waals surface area (Å²) >= 11 is 7.26. The van der Waals surface area contributed by atoms with Crippen molar-refractivity contribution in [1.29, 1.82) is 0 Å². The Balaban J connectivity index is 1.51. The average Bonchev–Trinajstić information content (AvgIpc) is 2.76. The standard InChI is InChI=1S/C11H18ClN3OS/c12-10-8-17-11(15-10)14-4-1-7-16-9-2-5-13-6-3-9/h8-9,13H,1-7H2,(H,14,15). The summed E-state index contributed by atoms with van der Waals surface area (Å²) in [6.07, 6.45) is 3.72. The first kappa shape index (κ1) is 13.1. The molecule has 2 rings (SSSR count). The van der Waals surface area contributed by atoms with E-state index >= 15 is 0 Å². The summed E-state index contributed by atoms with van der Waals surface area (Å²) in [6.45, 7) is 3.87. The van der Waals surface area contributed by atoms with Gasteiger partial charge in [0.25, 0.3) is 0 Å². The number of piperidine rings is 1. The summed E-state index contributed by atoms with van der Waals surface area (Å²) in [4.78, 5) is 4.12. The van der Waals surface area contributed by atoms with Crippen LogP contribution in [-0.2, 0) is 4.74 Å². The van der Waals surface area contributed by atoms with Crippen molar-refractivity contribution in [3.8, 4) is 0 Å². The van der Waals surface area contributed by atoms with E-state index in [0.717, 1.165) is 50.6 Å². The van der Waals surface area contributed by atoms with Crippen LogP contribution in [0.25, 0.3) is 0 Å². The minimum absolute atomic E-state index is 0.450. The van der Waals surface area contributed by atoms with Crippen LogP contribution < -0.4 is 10.6 Å². The normalized spacial score (nSPS) is 17.2. The highest BCUT2D eigenvalue weighted by Crippen LogP contribution is 2.18. The number of ether oxygens (including phenoxy) is 1. The minimum Gasteiger partial charge on any atom is -0.378 e. The van der Waals surface area contributed by atoms with Gasteiger partial charge in [-0.25, -0.2) is 4.98 Å². The molecule has 2 N–H and O–H groups in total. The SMILES string of the molecule is Clc1csc(NCCCOC2CCNCC2)n1. The molecule has 1 aromatic rings. The predicted octanol–water partition coefficient (Wildman–Crippen LogP) is 2.37. The molecular formula is C11H18ClN3OS. The molecule has 4 nitrogen and oxygen atoms in total. The third-order valence-electron chi connectivity index (χ3n) is 2.71. The van der Waals surface area contributed by atoms with Crippen LogP contribution in [0.5, 0.6) is 0 Å². The van der Waals surface area contributed by atoms with Crippen molar-refractivity contribution in [3.63, 3.8) is 0 Å². The van der Waals surface area contributed by atoms with Gasteiger partial charge < -0.3 is 15.4 Å². The molecule has 0 spiro atoms. The van der Waals surface area contributed by atoms with Crippen LogP contribution in [0.1, 0.15) is 19.3 Å². The molecule has 1 saturated heterocycles. The van der Waals surface area contributed by atoms with Gasteiger partial charge in [-0.1, -0.05) is 11.6 Å². The van der Waals surface area contributed by atoms with Crippen molar-refractivity contribution < 1.29 is 4.74 Å². The van der Waals surface area contributed by atoms with Gasteiger partial charge in [0.2, 0.25) is 0 Å². The lowest BCUT2D eigenvalue weighted by Crippen LogP contribution is -2.32. The molecule has 1 aromatic heterocycles. The molecule has 1 aliphatic heterocycles. The average molecular weight is 276 g/mol. The molecule has 0 atom stereocenters. The van der Waals surface area contributed by atoms with Crippen molar-refractivity contribution in [2.24, 2.45) is 0 Å². The fraction of sp³-hybridized carbons (Fsp3) is 0.727. The molecule has 0 saturated carbocycles. The Bertz CT molecular complexity index is 328. The highest BCUT2D eigenvalue weighted by Gasteiger charge is 2.12. The summed E-state index contributed by atoms with van der Waals surface area (Å²) in [6, 6.07) is 0. The molecule has 0 radical (unpaired) electrons. The highest BCUT2D eigenvalue weighted by atomic mass is 35.5. The summed E-state index contributed by atoms with van der Waals surface area (Å²) < 4.78 is 5.80. The second-order valence-corrected chi connectivity index (χ2v) is 5.32. The van der Waals surface area contributed by atoms with Gasteiger partial charge in [-0.15, -0.1) is 11.3 Å². The maximum Gasteiger partial charge on any atom is 0.184 e. The highest BCUT2D eigenvalue weighted by molar-refractivity contribution is 7.14. The van der Waals surface area contributed by atoms with E-state index in [2.05, 4.69) is 15.6 Å². The summed E-state index contributed by atoms with van der Waals surface area (Å²) in [5.74, 6) is 0. The van der Waals surface area contributed by atoms with Crippen LogP contribution in [0.2, 0.25) is 5.15 Å². The fourth-order valence-electron chi connectivity index (χ4n) is 1.81. The number of nitrogens with zero attached hydrogens (tertiary/aromatic N) is 1. The van der Waals surface area contributed by atoms with E-state index in [1.165, 1.54) is 11.3 Å². The van der Waals surface area contributed by atoms with Gasteiger partial charge in [0.15, 0.2) is 5.13 Å². The molecule has 6 heteroatoms. The molecule has 1 aliphatic rings. The molecule has 96 valence electrons. The number of aromatic nitrogens is 1. The summed E-state index contributed by atoms with van der Waals surface area (Å²) in [5, 5.41) is 9.84. The molecule has 0 unspecified atom stereocenters. The topological polar surface area (TPSA) is 46.2 Å². The first-order valence-corrected chi connectivity index (χ1v) is 7.27. The quantitative estimate of drug-likeness (QED) is 0.783. The third kappa shape index (κ3) is 4.79. The summed E-state index contributed by atoms with van der Waals surface area (Å²) in [7, 11) is 0. The Labute approximate surface area is 111 Å². The van der Waals surface area contributed by atoms with Crippen LogP contribution in [0, 0.1) is 0 Å². The van der Waals surface area contributed by atoms with E-state index in [4.69, 9.17) is 16.3 Å². The Kier molecular flexibility index (Phi) is 5.51. The van der Waals surface area contributed by atoms with Gasteiger partial charge in [-0.2, -0.15) is 0 Å². The molecule has 17 heavy (non-hydrogen) atoms. The van der Waals surface area contributed by atoms with Crippen molar-refractivity contribution in [1.82, 2.24) is 10.3 Å². The molecule has 2 heterocycles. The van der Waals surface area contributed by atoms with Crippen LogP contribution in [0.3, 0.4) is 0 Å². The largest absolute Gasteiger partial charge is 0.378 e. The van der Waals surface area contributed by atoms with Crippen LogP contribution in [0.15, 0.2) is 5.38 Å². The zero-order chi connectivity index (χ0) is 11.9. The molecular weight excluding hydrogens is 258 g/mol. The Morgan fingerprint density at radius 2 is 2.35 bits per heavy atom. The number of hydrogen-bond donors (Lipinski definition) is 2. The molecule has 0 aliphatic carbocycles. The number of hydrogen-bond acceptors (Lipinski definition) is 5. The zero-order valence-electron chi connectivity index (χ0n) is 9.75. The van der Waals surface area contributed by atoms with Gasteiger partial charge in [0.1, 0.15) is 5.15 Å². The van der Waals surface area contributed by atoms with E-state index in [0.29, 0.717) is 11.3 Å². The lowest BCUT2D eigenvalue weighted by Gasteiger charge is -2.22. The lowest BCUT2D eigenvalue weighted by molar-refractivity contribution is 0.0329. The van der Waals surface area contributed by atoms with Crippen molar-refractivity contribution in [2.45, 2.75) is 25.4 Å². The number of nitrogens with one attached hydrogen (secondary N) is 2. The molecule has 1 fully saturated rings. The number of anilines is 1. The van der Waals surface area contributed by atoms with Gasteiger partial charge in [-0.05, 0) is 32.4 Å². The smallest absolute Gasteiger partial charge is 0.184 e. The van der Waals surface area contributed by atoms with Crippen LogP contribution in [-0.4, -0.2) is 37.3 Å². The van der Waals surface area contributed by atoms with E-state index in [-0.39, 0.29) is 0 Å². The Morgan fingerprint density at radius 1 is 1.53 bits per heavy atom. The van der Waals surface area contributed by atoms with Gasteiger partial charge >= 0.3 is 0 Å². The molecule has 0 aromatic carbocycles. The summed E-state index contributed by atoms with van der Waals surface area (Å²) in [5.41, 5.74) is 0. The van der Waals surface area contributed by atoms with Gasteiger partial charge in [0, 0.05) is 18.5 Å². The maximum atomic E-state index is 5.80. The minimum atomic E-state index is 0.450. The van der Waals surface area contributed by atoms with Crippen molar-refractivity contribution in [2.75, 3.05) is 31.6 Å². The zero-order valence-corrected chi connectivity index (χ0v) is 11.3. The van der Waals surface area contributed by atoms with E-state index in [1.807, 2.05) is 5.38 Å². The van der Waals surface area contributed by atoms with E-state index in [9.17, 15) is 0 Å². The first-order valence-electron chi connectivity index (χ1n) is 6.02. The fourth-order valence-corrected chi connectivity index (χ4v) is 2.68. The van der Waals surface area contributed by atoms with E-state index in [1.54, 1.807) is 0 Å². The predicted molar refractivity (Wildman–Crippen MR) is 72.1 cm³/mol. The van der Waals surface area contributed by atoms with E-state index < -0.39 is 0 Å². The van der Waals surface area contributed by atoms with Crippen molar-refractivity contribution in [3.05, 3.63) is 10.5 Å². The Hall–Kier alpha value is -0.360. The number of thiazole rings is 1. The van der Waals surface area contributed by atoms with Gasteiger partial charge in [0.05, 0.1) is 6.10 Å². The third-order valence-corrected chi connectivity index (χ3v) is 3.84. The van der Waals surface area contributed by atoms with Crippen molar-refractivity contribution >= 4 is 28.1 Å². The lowest BCUT2D eigenvalue weighted by atomic mass is 10.1. The second-order valence-electron chi connectivity index (χ2n) is 4.08. The van der Waals surface area contributed by atoms with Crippen LogP contribution >= 0.6 is 22.9 Å². The second kappa shape index (κ2) is 7.16. The molecule has 0 bridgehead atoms. The van der Waals surface area contributed by atoms with Gasteiger partial charge in [-0.3, -0.25) is 0 Å². The number of rotatable bonds is 6. The van der Waals surface area contributed by atoms with Crippen LogP contribution in [0.4, 0.5) is 5.13 Å². The molecule has 0 amide bonds.